The SMILES string of the molecule is BC(C)C(=O)CC(NC(N)=O)c1ccccc1[N+](=O)[O-]. The Kier molecular flexibility index (Phi) is 5.25. The van der Waals surface area contributed by atoms with Crippen LogP contribution in [0.5, 0.6) is 0 Å². The van der Waals surface area contributed by atoms with E-state index in [-0.39, 0.29) is 29.3 Å². The van der Waals surface area contributed by atoms with Crippen molar-refractivity contribution in [3.05, 3.63) is 39.9 Å². The maximum Gasteiger partial charge on any atom is 0.312 e. The van der Waals surface area contributed by atoms with Crippen molar-refractivity contribution in [1.29, 1.82) is 0 Å². The lowest BCUT2D eigenvalue weighted by Gasteiger charge is -2.18. The number of benzene rings is 1. The lowest BCUT2D eigenvalue weighted by molar-refractivity contribution is -0.385. The Hall–Kier alpha value is -2.38. The first kappa shape index (κ1) is 15.7. The summed E-state index contributed by atoms with van der Waals surface area (Å²) in [7, 11) is 1.73. The van der Waals surface area contributed by atoms with Crippen LogP contribution in [0, 0.1) is 10.1 Å². The predicted octanol–water partition coefficient (Wildman–Crippen LogP) is 0.705. The van der Waals surface area contributed by atoms with Crippen molar-refractivity contribution in [2.45, 2.75) is 25.2 Å². The van der Waals surface area contributed by atoms with E-state index in [4.69, 9.17) is 5.73 Å². The van der Waals surface area contributed by atoms with E-state index in [1.165, 1.54) is 18.2 Å². The summed E-state index contributed by atoms with van der Waals surface area (Å²) in [5.74, 6) is -0.336. The Morgan fingerprint density at radius 2 is 2.05 bits per heavy atom. The summed E-state index contributed by atoms with van der Waals surface area (Å²) in [5, 5.41) is 13.4. The van der Waals surface area contributed by atoms with Crippen LogP contribution < -0.4 is 11.1 Å². The molecule has 0 fully saturated rings. The number of nitro groups is 1. The van der Waals surface area contributed by atoms with Crippen molar-refractivity contribution in [2.75, 3.05) is 0 Å². The number of hydrogen-bond acceptors (Lipinski definition) is 4. The second-order valence-corrected chi connectivity index (χ2v) is 4.70. The zero-order valence-corrected chi connectivity index (χ0v) is 11.3. The average molecular weight is 277 g/mol. The van der Waals surface area contributed by atoms with Crippen LogP contribution in [-0.2, 0) is 4.79 Å². The highest BCUT2D eigenvalue weighted by Gasteiger charge is 2.25. The Morgan fingerprint density at radius 3 is 2.55 bits per heavy atom. The molecule has 1 rings (SSSR count). The van der Waals surface area contributed by atoms with Gasteiger partial charge in [0.1, 0.15) is 13.6 Å². The number of carbonyl (C=O) groups is 2. The molecule has 0 aliphatic carbocycles. The van der Waals surface area contributed by atoms with E-state index < -0.39 is 17.0 Å². The number of hydrogen-bond donors (Lipinski definition) is 2. The summed E-state index contributed by atoms with van der Waals surface area (Å²) < 4.78 is 0. The molecule has 0 aliphatic heterocycles. The number of ketones is 1. The van der Waals surface area contributed by atoms with Gasteiger partial charge in [0.15, 0.2) is 0 Å². The second kappa shape index (κ2) is 6.69. The Balaban J connectivity index is 3.13. The van der Waals surface area contributed by atoms with E-state index >= 15 is 0 Å². The largest absolute Gasteiger partial charge is 0.352 e. The van der Waals surface area contributed by atoms with E-state index in [2.05, 4.69) is 5.32 Å². The van der Waals surface area contributed by atoms with Crippen molar-refractivity contribution >= 4 is 25.3 Å². The van der Waals surface area contributed by atoms with Gasteiger partial charge in [-0.2, -0.15) is 0 Å². The van der Waals surface area contributed by atoms with Crippen LogP contribution in [0.1, 0.15) is 24.9 Å². The number of para-hydroxylation sites is 1. The number of nitrogens with two attached hydrogens (primary N) is 1. The molecule has 0 saturated heterocycles. The second-order valence-electron chi connectivity index (χ2n) is 4.70. The molecule has 0 spiro atoms. The molecule has 3 N–H and O–H groups in total. The number of rotatable bonds is 6. The number of nitrogens with one attached hydrogen (secondary N) is 1. The first-order valence-corrected chi connectivity index (χ1v) is 6.15. The normalized spacial score (nSPS) is 13.2. The maximum atomic E-state index is 11.8. The van der Waals surface area contributed by atoms with Gasteiger partial charge in [-0.05, 0) is 5.82 Å². The molecule has 0 heterocycles. The van der Waals surface area contributed by atoms with Gasteiger partial charge in [0.05, 0.1) is 16.5 Å². The lowest BCUT2D eigenvalue weighted by atomic mass is 9.82. The highest BCUT2D eigenvalue weighted by molar-refractivity contribution is 6.23. The fourth-order valence-electron chi connectivity index (χ4n) is 1.80. The maximum absolute atomic E-state index is 11.8. The van der Waals surface area contributed by atoms with Crippen molar-refractivity contribution in [2.24, 2.45) is 5.73 Å². The van der Waals surface area contributed by atoms with Crippen LogP contribution >= 0.6 is 0 Å². The van der Waals surface area contributed by atoms with E-state index in [0.717, 1.165) is 0 Å². The summed E-state index contributed by atoms with van der Waals surface area (Å²) >= 11 is 0. The van der Waals surface area contributed by atoms with Gasteiger partial charge in [-0.25, -0.2) is 4.79 Å². The summed E-state index contributed by atoms with van der Waals surface area (Å²) in [6.07, 6.45) is -0.0362. The molecule has 0 radical (unpaired) electrons. The smallest absolute Gasteiger partial charge is 0.312 e. The first-order chi connectivity index (χ1) is 9.32. The molecule has 2 atom stereocenters. The van der Waals surface area contributed by atoms with Crippen LogP contribution in [0.15, 0.2) is 24.3 Å². The van der Waals surface area contributed by atoms with Gasteiger partial charge in [0, 0.05) is 12.5 Å². The molecule has 2 amide bonds. The van der Waals surface area contributed by atoms with Gasteiger partial charge < -0.3 is 15.8 Å². The molecule has 7 nitrogen and oxygen atoms in total. The number of Topliss-reactive ketones (excluding diaryl/α,β-unsaturated/α-hetero) is 1. The first-order valence-electron chi connectivity index (χ1n) is 6.15. The third kappa shape index (κ3) is 4.08. The third-order valence-corrected chi connectivity index (χ3v) is 2.87. The Morgan fingerprint density at radius 1 is 1.45 bits per heavy atom. The van der Waals surface area contributed by atoms with E-state index in [1.807, 2.05) is 0 Å². The molecule has 0 aliphatic rings. The highest BCUT2D eigenvalue weighted by Crippen LogP contribution is 2.28. The van der Waals surface area contributed by atoms with E-state index in [0.29, 0.717) is 0 Å². The average Bonchev–Trinajstić information content (AvgIpc) is 2.37. The van der Waals surface area contributed by atoms with E-state index in [1.54, 1.807) is 20.8 Å². The molecule has 0 bridgehead atoms. The lowest BCUT2D eigenvalue weighted by Crippen LogP contribution is -2.35. The quantitative estimate of drug-likeness (QED) is 0.452. The number of urea groups is 1. The monoisotopic (exact) mass is 277 g/mol. The minimum atomic E-state index is -0.829. The highest BCUT2D eigenvalue weighted by atomic mass is 16.6. The minimum absolute atomic E-state index is 0.0362. The molecule has 1 aromatic rings. The molecule has 20 heavy (non-hydrogen) atoms. The van der Waals surface area contributed by atoms with Crippen LogP contribution in [0.4, 0.5) is 10.5 Å². The van der Waals surface area contributed by atoms with Crippen molar-refractivity contribution in [3.63, 3.8) is 0 Å². The topological polar surface area (TPSA) is 115 Å². The van der Waals surface area contributed by atoms with Gasteiger partial charge >= 0.3 is 6.03 Å². The molecule has 8 heteroatoms. The molecule has 0 saturated carbocycles. The van der Waals surface area contributed by atoms with Gasteiger partial charge in [0.2, 0.25) is 0 Å². The fraction of sp³-hybridized carbons (Fsp3) is 0.333. The molecule has 2 unspecified atom stereocenters. The summed E-state index contributed by atoms with van der Waals surface area (Å²) in [6.45, 7) is 1.73. The summed E-state index contributed by atoms with van der Waals surface area (Å²) in [6, 6.07) is 4.33. The molecular weight excluding hydrogens is 261 g/mol. The van der Waals surface area contributed by atoms with Crippen molar-refractivity contribution in [3.8, 4) is 0 Å². The van der Waals surface area contributed by atoms with Crippen LogP contribution in [-0.4, -0.2) is 24.6 Å². The molecular formula is C12H16BN3O4. The number of primary amides is 1. The van der Waals surface area contributed by atoms with Crippen molar-refractivity contribution in [1.82, 2.24) is 5.32 Å². The zero-order chi connectivity index (χ0) is 15.3. The standard InChI is InChI=1S/C12H16BN3O4/c1-7(13)11(17)6-9(15-12(14)18)8-4-2-3-5-10(8)16(19)20/h2-5,7,9H,6,13H2,1H3,(H3,14,15,18). The molecule has 106 valence electrons. The molecule has 1 aromatic carbocycles. The van der Waals surface area contributed by atoms with E-state index in [9.17, 15) is 19.7 Å². The Labute approximate surface area is 117 Å². The van der Waals surface area contributed by atoms with Crippen LogP contribution in [0.25, 0.3) is 0 Å². The number of nitro benzene ring substituents is 1. The van der Waals surface area contributed by atoms with Crippen molar-refractivity contribution < 1.29 is 14.5 Å². The van der Waals surface area contributed by atoms with Gasteiger partial charge in [-0.3, -0.25) is 10.1 Å². The van der Waals surface area contributed by atoms with Crippen LogP contribution in [0.3, 0.4) is 0 Å². The van der Waals surface area contributed by atoms with Gasteiger partial charge in [-0.1, -0.05) is 25.1 Å². The number of amides is 2. The number of carbonyl (C=O) groups excluding carboxylic acids is 2. The third-order valence-electron chi connectivity index (χ3n) is 2.87. The predicted molar refractivity (Wildman–Crippen MR) is 76.1 cm³/mol. The molecule has 0 aromatic heterocycles. The van der Waals surface area contributed by atoms with Crippen LogP contribution in [0.2, 0.25) is 5.82 Å². The summed E-state index contributed by atoms with van der Waals surface area (Å²) in [4.78, 5) is 33.3. The van der Waals surface area contributed by atoms with Gasteiger partial charge in [-0.15, -0.1) is 0 Å². The number of nitrogens with zero attached hydrogens (tertiary/aromatic N) is 1. The summed E-state index contributed by atoms with van der Waals surface area (Å²) in [5.41, 5.74) is 5.20. The fourth-order valence-corrected chi connectivity index (χ4v) is 1.80. The zero-order valence-electron chi connectivity index (χ0n) is 11.3. The van der Waals surface area contributed by atoms with Gasteiger partial charge in [0.25, 0.3) is 5.69 Å². The minimum Gasteiger partial charge on any atom is -0.352 e. The Bertz CT molecular complexity index is 533.